The van der Waals surface area contributed by atoms with Crippen molar-refractivity contribution in [1.29, 1.82) is 0 Å². The number of carbonyl (C=O) groups is 2. The minimum atomic E-state index is -1.04. The van der Waals surface area contributed by atoms with Crippen LogP contribution in [0.4, 0.5) is 5.69 Å². The Balaban J connectivity index is 1.85. The molecule has 0 aliphatic carbocycles. The van der Waals surface area contributed by atoms with E-state index >= 15 is 0 Å². The van der Waals surface area contributed by atoms with Crippen molar-refractivity contribution in [2.75, 3.05) is 30.4 Å². The first kappa shape index (κ1) is 26.0. The van der Waals surface area contributed by atoms with E-state index in [1.807, 2.05) is 49.6 Å². The molecule has 1 fully saturated rings. The van der Waals surface area contributed by atoms with Crippen molar-refractivity contribution in [3.8, 4) is 11.8 Å². The van der Waals surface area contributed by atoms with Gasteiger partial charge in [-0.15, -0.1) is 0 Å². The first-order valence-corrected chi connectivity index (χ1v) is 13.2. The van der Waals surface area contributed by atoms with Gasteiger partial charge in [-0.3, -0.25) is 4.79 Å². The van der Waals surface area contributed by atoms with Gasteiger partial charge in [-0.2, -0.15) is 24.4 Å². The highest BCUT2D eigenvalue weighted by Crippen LogP contribution is 2.19. The summed E-state index contributed by atoms with van der Waals surface area (Å²) in [6.07, 6.45) is 3.29. The lowest BCUT2D eigenvalue weighted by atomic mass is 10.0. The van der Waals surface area contributed by atoms with Gasteiger partial charge in [0.15, 0.2) is 0 Å². The number of carboxylic acid groups (broad SMARTS) is 1. The number of hydrogen-bond donors (Lipinski definition) is 5. The SMILES string of the molecule is CSCC[C@H](NC(=O)c1ccc(NC[C@@H]2NCC[C@@H]2S)cc1C#Cc1ccc(C)cc1)C(=O)O. The molecule has 34 heavy (non-hydrogen) atoms. The van der Waals surface area contributed by atoms with Crippen LogP contribution in [0.3, 0.4) is 0 Å². The van der Waals surface area contributed by atoms with Gasteiger partial charge in [-0.05, 0) is 68.7 Å². The first-order chi connectivity index (χ1) is 16.4. The van der Waals surface area contributed by atoms with Crippen molar-refractivity contribution in [3.05, 3.63) is 64.7 Å². The number of nitrogens with one attached hydrogen (secondary N) is 3. The Morgan fingerprint density at radius 3 is 2.65 bits per heavy atom. The number of hydrogen-bond acceptors (Lipinski definition) is 6. The Bertz CT molecular complexity index is 1060. The molecule has 1 aliphatic heterocycles. The van der Waals surface area contributed by atoms with Gasteiger partial charge in [0, 0.05) is 34.7 Å². The summed E-state index contributed by atoms with van der Waals surface area (Å²) < 4.78 is 0. The topological polar surface area (TPSA) is 90.5 Å². The van der Waals surface area contributed by atoms with Crippen molar-refractivity contribution in [2.45, 2.75) is 37.1 Å². The van der Waals surface area contributed by atoms with Gasteiger partial charge in [0.05, 0.1) is 5.56 Å². The number of carbonyl (C=O) groups excluding carboxylic acids is 1. The molecular formula is C26H31N3O3S2. The van der Waals surface area contributed by atoms with Crippen LogP contribution in [0.1, 0.15) is 39.9 Å². The van der Waals surface area contributed by atoms with E-state index in [1.165, 1.54) is 0 Å². The van der Waals surface area contributed by atoms with Gasteiger partial charge in [-0.1, -0.05) is 29.5 Å². The molecule has 0 bridgehead atoms. The Kier molecular flexibility index (Phi) is 9.75. The maximum absolute atomic E-state index is 13.0. The predicted octanol–water partition coefficient (Wildman–Crippen LogP) is 3.40. The summed E-state index contributed by atoms with van der Waals surface area (Å²) in [6.45, 7) is 3.67. The highest BCUT2D eigenvalue weighted by molar-refractivity contribution is 7.98. The Morgan fingerprint density at radius 2 is 2.00 bits per heavy atom. The molecular weight excluding hydrogens is 466 g/mol. The summed E-state index contributed by atoms with van der Waals surface area (Å²) in [4.78, 5) is 24.6. The molecule has 0 aromatic heterocycles. The zero-order valence-electron chi connectivity index (χ0n) is 19.4. The van der Waals surface area contributed by atoms with Crippen LogP contribution in [0.15, 0.2) is 42.5 Å². The summed E-state index contributed by atoms with van der Waals surface area (Å²) in [5, 5.41) is 19.3. The van der Waals surface area contributed by atoms with E-state index in [4.69, 9.17) is 0 Å². The van der Waals surface area contributed by atoms with Crippen molar-refractivity contribution < 1.29 is 14.7 Å². The number of benzene rings is 2. The third kappa shape index (κ3) is 7.45. The molecule has 4 N–H and O–H groups in total. The number of thioether (sulfide) groups is 1. The van der Waals surface area contributed by atoms with Crippen LogP contribution in [-0.2, 0) is 4.79 Å². The van der Waals surface area contributed by atoms with E-state index in [0.717, 1.165) is 29.8 Å². The molecule has 3 rings (SSSR count). The molecule has 2 aromatic rings. The summed E-state index contributed by atoms with van der Waals surface area (Å²) >= 11 is 6.17. The maximum Gasteiger partial charge on any atom is 0.326 e. The second kappa shape index (κ2) is 12.7. The van der Waals surface area contributed by atoms with E-state index < -0.39 is 17.9 Å². The van der Waals surface area contributed by atoms with Crippen LogP contribution in [-0.4, -0.2) is 59.4 Å². The molecule has 2 aromatic carbocycles. The lowest BCUT2D eigenvalue weighted by Gasteiger charge is -2.18. The first-order valence-electron chi connectivity index (χ1n) is 11.3. The van der Waals surface area contributed by atoms with Crippen LogP contribution in [0, 0.1) is 18.8 Å². The standard InChI is InChI=1S/C26H31N3O3S2/c1-17-3-5-18(6-4-17)7-8-19-15-20(28-16-23-24(33)11-13-27-23)9-10-21(19)25(30)29-22(26(31)32)12-14-34-2/h3-6,9-10,15,22-24,27-28,33H,11-14,16H2,1-2H3,(H,29,30)(H,31,32)/t22-,23-,24-/m0/s1. The quantitative estimate of drug-likeness (QED) is 0.270. The summed E-state index contributed by atoms with van der Waals surface area (Å²) in [7, 11) is 0. The molecule has 0 unspecified atom stereocenters. The molecule has 0 saturated carbocycles. The van der Waals surface area contributed by atoms with E-state index in [0.29, 0.717) is 35.1 Å². The number of aliphatic carboxylic acids is 1. The van der Waals surface area contributed by atoms with Crippen molar-refractivity contribution in [2.24, 2.45) is 0 Å². The van der Waals surface area contributed by atoms with E-state index in [2.05, 4.69) is 40.4 Å². The highest BCUT2D eigenvalue weighted by Gasteiger charge is 2.24. The number of rotatable bonds is 9. The summed E-state index contributed by atoms with van der Waals surface area (Å²) in [5.74, 6) is 5.40. The molecule has 3 atom stereocenters. The third-order valence-corrected chi connectivity index (χ3v) is 6.97. The lowest BCUT2D eigenvalue weighted by molar-refractivity contribution is -0.139. The number of amides is 1. The number of thiol groups is 1. The van der Waals surface area contributed by atoms with Crippen LogP contribution >= 0.6 is 24.4 Å². The van der Waals surface area contributed by atoms with Crippen molar-refractivity contribution in [1.82, 2.24) is 10.6 Å². The zero-order chi connectivity index (χ0) is 24.5. The normalized spacial score (nSPS) is 18.0. The smallest absolute Gasteiger partial charge is 0.326 e. The largest absolute Gasteiger partial charge is 0.480 e. The van der Waals surface area contributed by atoms with Gasteiger partial charge in [-0.25, -0.2) is 4.79 Å². The zero-order valence-corrected chi connectivity index (χ0v) is 21.1. The van der Waals surface area contributed by atoms with Gasteiger partial charge < -0.3 is 21.1 Å². The van der Waals surface area contributed by atoms with Gasteiger partial charge in [0.2, 0.25) is 0 Å². The minimum absolute atomic E-state index is 0.265. The second-order valence-corrected chi connectivity index (χ2v) is 9.97. The molecule has 1 aliphatic rings. The maximum atomic E-state index is 13.0. The number of carboxylic acids is 1. The van der Waals surface area contributed by atoms with E-state index in [9.17, 15) is 14.7 Å². The number of aryl methyl sites for hydroxylation is 1. The monoisotopic (exact) mass is 497 g/mol. The molecule has 180 valence electrons. The van der Waals surface area contributed by atoms with E-state index in [-0.39, 0.29) is 6.04 Å². The predicted molar refractivity (Wildman–Crippen MR) is 143 cm³/mol. The Hall–Kier alpha value is -2.60. The average molecular weight is 498 g/mol. The molecule has 8 heteroatoms. The minimum Gasteiger partial charge on any atom is -0.480 e. The van der Waals surface area contributed by atoms with Crippen LogP contribution in [0.2, 0.25) is 0 Å². The Labute approximate surface area is 211 Å². The molecule has 6 nitrogen and oxygen atoms in total. The van der Waals surface area contributed by atoms with Gasteiger partial charge >= 0.3 is 5.97 Å². The average Bonchev–Trinajstić information content (AvgIpc) is 3.24. The van der Waals surface area contributed by atoms with Crippen molar-refractivity contribution in [3.63, 3.8) is 0 Å². The van der Waals surface area contributed by atoms with Crippen LogP contribution < -0.4 is 16.0 Å². The molecule has 0 radical (unpaired) electrons. The molecule has 0 spiro atoms. The summed E-state index contributed by atoms with van der Waals surface area (Å²) in [5.41, 5.74) is 3.72. The highest BCUT2D eigenvalue weighted by atomic mass is 32.2. The van der Waals surface area contributed by atoms with Crippen LogP contribution in [0.5, 0.6) is 0 Å². The molecule has 1 saturated heterocycles. The molecule has 1 heterocycles. The van der Waals surface area contributed by atoms with Gasteiger partial charge in [0.1, 0.15) is 6.04 Å². The van der Waals surface area contributed by atoms with Crippen LogP contribution in [0.25, 0.3) is 0 Å². The Morgan fingerprint density at radius 1 is 1.24 bits per heavy atom. The molecule has 1 amide bonds. The fraction of sp³-hybridized carbons (Fsp3) is 0.385. The number of anilines is 1. The lowest BCUT2D eigenvalue weighted by Crippen LogP contribution is -2.41. The van der Waals surface area contributed by atoms with E-state index in [1.54, 1.807) is 17.8 Å². The third-order valence-electron chi connectivity index (χ3n) is 5.71. The second-order valence-electron chi connectivity index (χ2n) is 8.32. The van der Waals surface area contributed by atoms with Gasteiger partial charge in [0.25, 0.3) is 5.91 Å². The fourth-order valence-electron chi connectivity index (χ4n) is 3.65. The fourth-order valence-corrected chi connectivity index (χ4v) is 4.46. The summed E-state index contributed by atoms with van der Waals surface area (Å²) in [6, 6.07) is 12.5. The van der Waals surface area contributed by atoms with Crippen molar-refractivity contribution >= 4 is 42.0 Å².